The van der Waals surface area contributed by atoms with Gasteiger partial charge >= 0.3 is 0 Å². The molecule has 1 aromatic heterocycles. The summed E-state index contributed by atoms with van der Waals surface area (Å²) in [5, 5.41) is 9.27. The summed E-state index contributed by atoms with van der Waals surface area (Å²) in [6.45, 7) is 0. The van der Waals surface area contributed by atoms with Crippen molar-refractivity contribution in [2.75, 3.05) is 14.2 Å². The fourth-order valence-electron chi connectivity index (χ4n) is 2.02. The summed E-state index contributed by atoms with van der Waals surface area (Å²) in [7, 11) is 3.02. The summed E-state index contributed by atoms with van der Waals surface area (Å²) in [5.41, 5.74) is -0.104. The van der Waals surface area contributed by atoms with E-state index in [1.807, 2.05) is 0 Å². The zero-order valence-corrected chi connectivity index (χ0v) is 9.69. The predicted molar refractivity (Wildman–Crippen MR) is 58.9 cm³/mol. The van der Waals surface area contributed by atoms with Gasteiger partial charge in [-0.15, -0.1) is 0 Å². The summed E-state index contributed by atoms with van der Waals surface area (Å²) in [4.78, 5) is 15.2. The summed E-state index contributed by atoms with van der Waals surface area (Å²) >= 11 is 0. The largest absolute Gasteiger partial charge is 0.495 e. The Morgan fingerprint density at radius 3 is 2.59 bits per heavy atom. The van der Waals surface area contributed by atoms with Gasteiger partial charge in [0.05, 0.1) is 31.9 Å². The van der Waals surface area contributed by atoms with Gasteiger partial charge in [0.25, 0.3) is 0 Å². The van der Waals surface area contributed by atoms with Gasteiger partial charge in [-0.25, -0.2) is 4.98 Å². The number of pyridine rings is 1. The molecule has 88 valence electrons. The predicted octanol–water partition coefficient (Wildman–Crippen LogP) is 1.22. The number of ether oxygens (including phenoxy) is 2. The van der Waals surface area contributed by atoms with Gasteiger partial charge in [-0.05, 0) is 0 Å². The second-order valence-corrected chi connectivity index (χ2v) is 4.01. The molecule has 0 unspecified atom stereocenters. The molecule has 1 aromatic rings. The van der Waals surface area contributed by atoms with Crippen LogP contribution in [-0.4, -0.2) is 25.0 Å². The number of rotatable bonds is 3. The van der Waals surface area contributed by atoms with Crippen molar-refractivity contribution in [1.82, 2.24) is 4.98 Å². The van der Waals surface area contributed by atoms with E-state index in [2.05, 4.69) is 11.1 Å². The molecule has 0 aliphatic heterocycles. The minimum atomic E-state index is -0.779. The normalized spacial score (nSPS) is 16.9. The minimum absolute atomic E-state index is 0.0874. The Kier molecular flexibility index (Phi) is 2.72. The van der Waals surface area contributed by atoms with Crippen LogP contribution in [0.1, 0.15) is 18.4 Å². The Hall–Kier alpha value is -2.09. The number of aromatic nitrogens is 1. The van der Waals surface area contributed by atoms with Gasteiger partial charge in [0.1, 0.15) is 11.5 Å². The second-order valence-electron chi connectivity index (χ2n) is 4.01. The number of hydrogen-bond acceptors (Lipinski definition) is 5. The standard InChI is InChI=1S/C12H12N2O3/c1-16-10-6-14-11(17-2)3-9(10)12(7-13)4-8(15)5-12/h3,6H,4-5H2,1-2H3. The third-order valence-corrected chi connectivity index (χ3v) is 3.00. The molecule has 0 radical (unpaired) electrons. The van der Waals surface area contributed by atoms with Gasteiger partial charge in [0.2, 0.25) is 5.88 Å². The van der Waals surface area contributed by atoms with Crippen molar-refractivity contribution in [3.05, 3.63) is 17.8 Å². The van der Waals surface area contributed by atoms with Crippen LogP contribution in [0.5, 0.6) is 11.6 Å². The average molecular weight is 232 g/mol. The van der Waals surface area contributed by atoms with Crippen LogP contribution in [0.2, 0.25) is 0 Å². The zero-order valence-electron chi connectivity index (χ0n) is 9.69. The molecule has 1 aliphatic rings. The van der Waals surface area contributed by atoms with E-state index in [0.29, 0.717) is 17.2 Å². The van der Waals surface area contributed by atoms with Crippen molar-refractivity contribution in [2.45, 2.75) is 18.3 Å². The van der Waals surface area contributed by atoms with Gasteiger partial charge in [0.15, 0.2) is 0 Å². The lowest BCUT2D eigenvalue weighted by atomic mass is 9.64. The SMILES string of the molecule is COc1cc(C2(C#N)CC(=O)C2)c(OC)cn1. The number of methoxy groups -OCH3 is 2. The number of carbonyl (C=O) groups excluding carboxylic acids is 1. The number of carbonyl (C=O) groups is 1. The maximum atomic E-state index is 11.2. The third kappa shape index (κ3) is 1.72. The average Bonchev–Trinajstić information content (AvgIpc) is 2.34. The van der Waals surface area contributed by atoms with Gasteiger partial charge in [-0.2, -0.15) is 5.26 Å². The molecule has 2 rings (SSSR count). The molecule has 1 heterocycles. The molecule has 0 amide bonds. The van der Waals surface area contributed by atoms with E-state index in [1.165, 1.54) is 20.4 Å². The Labute approximate surface area is 99.0 Å². The maximum Gasteiger partial charge on any atom is 0.213 e. The van der Waals surface area contributed by atoms with E-state index in [9.17, 15) is 10.1 Å². The molecule has 0 atom stereocenters. The van der Waals surface area contributed by atoms with Crippen LogP contribution < -0.4 is 9.47 Å². The molecule has 1 aliphatic carbocycles. The van der Waals surface area contributed by atoms with Crippen LogP contribution in [-0.2, 0) is 10.2 Å². The van der Waals surface area contributed by atoms with Gasteiger partial charge in [-0.1, -0.05) is 0 Å². The summed E-state index contributed by atoms with van der Waals surface area (Å²) in [6, 6.07) is 3.86. The van der Waals surface area contributed by atoms with Crippen molar-refractivity contribution < 1.29 is 14.3 Å². The molecule has 0 bridgehead atoms. The summed E-state index contributed by atoms with van der Waals surface area (Å²) in [5.74, 6) is 1.01. The first-order chi connectivity index (χ1) is 8.15. The number of Topliss-reactive ketones (excluding diaryl/α,β-unsaturated/α-hetero) is 1. The smallest absolute Gasteiger partial charge is 0.213 e. The first-order valence-corrected chi connectivity index (χ1v) is 5.16. The first kappa shape index (κ1) is 11.4. The van der Waals surface area contributed by atoms with Crippen LogP contribution in [0.3, 0.4) is 0 Å². The van der Waals surface area contributed by atoms with E-state index >= 15 is 0 Å². The number of hydrogen-bond donors (Lipinski definition) is 0. The highest BCUT2D eigenvalue weighted by atomic mass is 16.5. The lowest BCUT2D eigenvalue weighted by Gasteiger charge is -2.34. The Bertz CT molecular complexity index is 497. The Morgan fingerprint density at radius 2 is 2.12 bits per heavy atom. The first-order valence-electron chi connectivity index (χ1n) is 5.16. The van der Waals surface area contributed by atoms with Gasteiger partial charge in [-0.3, -0.25) is 4.79 Å². The zero-order chi connectivity index (χ0) is 12.5. The molecular formula is C12H12N2O3. The van der Waals surface area contributed by atoms with Crippen LogP contribution in [0.4, 0.5) is 0 Å². The molecule has 0 N–H and O–H groups in total. The van der Waals surface area contributed by atoms with E-state index in [-0.39, 0.29) is 18.6 Å². The molecule has 5 heteroatoms. The van der Waals surface area contributed by atoms with Crippen molar-refractivity contribution in [3.63, 3.8) is 0 Å². The minimum Gasteiger partial charge on any atom is -0.495 e. The lowest BCUT2D eigenvalue weighted by Crippen LogP contribution is -2.40. The van der Waals surface area contributed by atoms with E-state index < -0.39 is 5.41 Å². The molecule has 0 spiro atoms. The third-order valence-electron chi connectivity index (χ3n) is 3.00. The fourth-order valence-corrected chi connectivity index (χ4v) is 2.02. The van der Waals surface area contributed by atoms with Gasteiger partial charge in [0, 0.05) is 24.5 Å². The Morgan fingerprint density at radius 1 is 1.41 bits per heavy atom. The number of ketones is 1. The molecular weight excluding hydrogens is 220 g/mol. The van der Waals surface area contributed by atoms with Crippen molar-refractivity contribution >= 4 is 5.78 Å². The second kappa shape index (κ2) is 4.06. The van der Waals surface area contributed by atoms with Gasteiger partial charge < -0.3 is 9.47 Å². The highest BCUT2D eigenvalue weighted by molar-refractivity contribution is 5.90. The maximum absolute atomic E-state index is 11.2. The van der Waals surface area contributed by atoms with E-state index in [0.717, 1.165) is 0 Å². The van der Waals surface area contributed by atoms with E-state index in [4.69, 9.17) is 9.47 Å². The number of nitriles is 1. The number of nitrogens with zero attached hydrogens (tertiary/aromatic N) is 2. The van der Waals surface area contributed by atoms with Crippen molar-refractivity contribution in [1.29, 1.82) is 5.26 Å². The highest BCUT2D eigenvalue weighted by Crippen LogP contribution is 2.45. The lowest BCUT2D eigenvalue weighted by molar-refractivity contribution is -0.126. The monoisotopic (exact) mass is 232 g/mol. The molecule has 0 aromatic carbocycles. The molecule has 1 fully saturated rings. The Balaban J connectivity index is 2.49. The molecule has 5 nitrogen and oxygen atoms in total. The van der Waals surface area contributed by atoms with Crippen LogP contribution in [0.25, 0.3) is 0 Å². The quantitative estimate of drug-likeness (QED) is 0.783. The summed E-state index contributed by atoms with van der Waals surface area (Å²) in [6.07, 6.45) is 1.97. The van der Waals surface area contributed by atoms with Crippen LogP contribution >= 0.6 is 0 Å². The highest BCUT2D eigenvalue weighted by Gasteiger charge is 2.47. The summed E-state index contributed by atoms with van der Waals surface area (Å²) < 4.78 is 10.2. The van der Waals surface area contributed by atoms with Crippen molar-refractivity contribution in [3.8, 4) is 17.7 Å². The van der Waals surface area contributed by atoms with Crippen molar-refractivity contribution in [2.24, 2.45) is 0 Å². The molecule has 17 heavy (non-hydrogen) atoms. The molecule has 1 saturated carbocycles. The van der Waals surface area contributed by atoms with E-state index in [1.54, 1.807) is 6.07 Å². The fraction of sp³-hybridized carbons (Fsp3) is 0.417. The van der Waals surface area contributed by atoms with Crippen LogP contribution in [0, 0.1) is 11.3 Å². The van der Waals surface area contributed by atoms with Crippen LogP contribution in [0.15, 0.2) is 12.3 Å². The topological polar surface area (TPSA) is 72.2 Å². The molecule has 0 saturated heterocycles.